The van der Waals surface area contributed by atoms with E-state index in [9.17, 15) is 30.6 Å². The monoisotopic (exact) mass is 1210 g/mol. The average Bonchev–Trinajstić information content (AvgIpc) is 4.34. The molecule has 2 fully saturated rings. The van der Waals surface area contributed by atoms with Crippen molar-refractivity contribution >= 4 is 0 Å². The van der Waals surface area contributed by atoms with Gasteiger partial charge in [0.15, 0.2) is 12.6 Å². The van der Waals surface area contributed by atoms with Crippen LogP contribution in [0.5, 0.6) is 0 Å². The van der Waals surface area contributed by atoms with Gasteiger partial charge in [0.1, 0.15) is 72.4 Å². The van der Waals surface area contributed by atoms with Crippen LogP contribution in [0.1, 0.15) is 245 Å². The predicted molar refractivity (Wildman–Crippen MR) is 325 cm³/mol. The molecule has 21 nitrogen and oxygen atoms in total. The smallest absolute Gasteiger partial charge is 0.189 e. The molecule has 496 valence electrons. The van der Waals surface area contributed by atoms with E-state index in [4.69, 9.17) is 42.6 Å². The number of aliphatic hydroxyl groups is 6. The Balaban J connectivity index is 1.26. The summed E-state index contributed by atoms with van der Waals surface area (Å²) in [6, 6.07) is 0. The number of rotatable bonds is 56. The van der Waals surface area contributed by atoms with Gasteiger partial charge in [0.05, 0.1) is 65.1 Å². The molecule has 0 radical (unpaired) electrons. The summed E-state index contributed by atoms with van der Waals surface area (Å²) in [5, 5.41) is 83.3. The SMILES string of the molecule is CCCCCCCCCCOCC(COCCCCCCCCCC)OCc1cn(CC2O[C@@H](O[C@H]3OC(Cn4cc(COC(COCCCCCCCCCC)COCCCCCCCCCC)nn4)[C@@H](O)[C@@H](O)C3O)C(O)C(O)[C@@H]2O)nn1. The average molecular weight is 1210 g/mol. The molecule has 21 heteroatoms. The van der Waals surface area contributed by atoms with Gasteiger partial charge in [-0.2, -0.15) is 0 Å². The Hall–Kier alpha value is -2.32. The summed E-state index contributed by atoms with van der Waals surface area (Å²) in [4.78, 5) is 0. The van der Waals surface area contributed by atoms with Gasteiger partial charge in [-0.3, -0.25) is 0 Å². The van der Waals surface area contributed by atoms with E-state index in [2.05, 4.69) is 48.3 Å². The number of unbranched alkanes of at least 4 members (excludes halogenated alkanes) is 28. The fourth-order valence-electron chi connectivity index (χ4n) is 10.8. The maximum absolute atomic E-state index is 11.1. The second-order valence-corrected chi connectivity index (χ2v) is 24.1. The quantitative estimate of drug-likeness (QED) is 0.0337. The Morgan fingerprint density at radius 3 is 0.929 bits per heavy atom. The first kappa shape index (κ1) is 75.1. The maximum atomic E-state index is 11.1. The lowest BCUT2D eigenvalue weighted by atomic mass is 9.97. The topological polar surface area (TPSA) is 266 Å². The fourth-order valence-corrected chi connectivity index (χ4v) is 10.8. The molecule has 4 heterocycles. The number of ether oxygens (including phenoxy) is 9. The number of hydrogen-bond acceptors (Lipinski definition) is 19. The first-order chi connectivity index (χ1) is 41.6. The molecule has 0 aromatic carbocycles. The summed E-state index contributed by atoms with van der Waals surface area (Å²) >= 11 is 0. The molecule has 2 aliphatic rings. The van der Waals surface area contributed by atoms with Gasteiger partial charge < -0.3 is 73.3 Å². The van der Waals surface area contributed by atoms with Crippen LogP contribution in [0.15, 0.2) is 12.4 Å². The van der Waals surface area contributed by atoms with E-state index in [1.807, 2.05) is 0 Å². The van der Waals surface area contributed by atoms with Crippen LogP contribution in [0, 0.1) is 0 Å². The van der Waals surface area contributed by atoms with Crippen molar-refractivity contribution in [1.82, 2.24) is 30.0 Å². The van der Waals surface area contributed by atoms with Gasteiger partial charge in [0, 0.05) is 26.4 Å². The lowest BCUT2D eigenvalue weighted by Crippen LogP contribution is -2.63. The van der Waals surface area contributed by atoms with Crippen molar-refractivity contribution in [2.24, 2.45) is 0 Å². The molecular weight excluding hydrogens is 1090 g/mol. The largest absolute Gasteiger partial charge is 0.388 e. The molecule has 2 saturated heterocycles. The Bertz CT molecular complexity index is 1660. The zero-order valence-electron chi connectivity index (χ0n) is 53.2. The lowest BCUT2D eigenvalue weighted by molar-refractivity contribution is -0.375. The van der Waals surface area contributed by atoms with Crippen molar-refractivity contribution in [3.8, 4) is 0 Å². The van der Waals surface area contributed by atoms with Crippen molar-refractivity contribution in [2.45, 2.75) is 333 Å². The van der Waals surface area contributed by atoms with Crippen LogP contribution in [0.3, 0.4) is 0 Å². The van der Waals surface area contributed by atoms with E-state index in [1.165, 1.54) is 163 Å². The normalized spacial score (nSPS) is 22.9. The van der Waals surface area contributed by atoms with Crippen LogP contribution in [0.2, 0.25) is 0 Å². The molecule has 0 saturated carbocycles. The summed E-state index contributed by atoms with van der Waals surface area (Å²) in [6.45, 7) is 13.1. The van der Waals surface area contributed by atoms with E-state index in [-0.39, 0.29) is 38.5 Å². The van der Waals surface area contributed by atoms with Gasteiger partial charge in [-0.15, -0.1) is 10.2 Å². The van der Waals surface area contributed by atoms with E-state index >= 15 is 0 Å². The van der Waals surface area contributed by atoms with Crippen LogP contribution in [0.4, 0.5) is 0 Å². The molecule has 2 aromatic heterocycles. The Morgan fingerprint density at radius 1 is 0.376 bits per heavy atom. The molecule has 85 heavy (non-hydrogen) atoms. The molecule has 4 rings (SSSR count). The number of aliphatic hydroxyl groups excluding tert-OH is 6. The minimum absolute atomic E-state index is 0.111. The highest BCUT2D eigenvalue weighted by Gasteiger charge is 2.50. The van der Waals surface area contributed by atoms with Crippen molar-refractivity contribution < 1.29 is 73.3 Å². The molecule has 6 N–H and O–H groups in total. The molecule has 2 aromatic rings. The van der Waals surface area contributed by atoms with Gasteiger partial charge >= 0.3 is 0 Å². The van der Waals surface area contributed by atoms with E-state index in [0.717, 1.165) is 51.4 Å². The number of hydrogen-bond donors (Lipinski definition) is 6. The van der Waals surface area contributed by atoms with Crippen molar-refractivity contribution in [3.63, 3.8) is 0 Å². The number of aromatic nitrogens is 6. The predicted octanol–water partition coefficient (Wildman–Crippen LogP) is 9.60. The first-order valence-electron chi connectivity index (χ1n) is 33.9. The Labute approximate surface area is 511 Å². The highest BCUT2D eigenvalue weighted by molar-refractivity contribution is 4.96. The minimum atomic E-state index is -1.79. The Kier molecular flexibility index (Phi) is 42.9. The van der Waals surface area contributed by atoms with Crippen molar-refractivity contribution in [2.75, 3.05) is 52.9 Å². The third-order valence-corrected chi connectivity index (χ3v) is 16.2. The maximum Gasteiger partial charge on any atom is 0.189 e. The summed E-state index contributed by atoms with van der Waals surface area (Å²) in [5.74, 6) is 0. The van der Waals surface area contributed by atoms with Gasteiger partial charge in [-0.1, -0.05) is 218 Å². The third-order valence-electron chi connectivity index (χ3n) is 16.2. The van der Waals surface area contributed by atoms with Crippen LogP contribution in [-0.4, -0.2) is 187 Å². The second kappa shape index (κ2) is 48.5. The van der Waals surface area contributed by atoms with Crippen LogP contribution in [-0.2, 0) is 68.9 Å². The zero-order chi connectivity index (χ0) is 61.0. The van der Waals surface area contributed by atoms with E-state index < -0.39 is 61.4 Å². The van der Waals surface area contributed by atoms with Gasteiger partial charge in [-0.25, -0.2) is 9.36 Å². The highest BCUT2D eigenvalue weighted by atomic mass is 16.8. The second-order valence-electron chi connectivity index (χ2n) is 24.1. The fraction of sp³-hybridized carbons (Fsp3) is 0.938. The van der Waals surface area contributed by atoms with Crippen LogP contribution < -0.4 is 0 Å². The first-order valence-corrected chi connectivity index (χ1v) is 33.9. The Morgan fingerprint density at radius 2 is 0.647 bits per heavy atom. The zero-order valence-corrected chi connectivity index (χ0v) is 53.2. The van der Waals surface area contributed by atoms with E-state index in [0.29, 0.717) is 64.2 Å². The summed E-state index contributed by atoms with van der Waals surface area (Å²) < 4.78 is 57.6. The van der Waals surface area contributed by atoms with Crippen molar-refractivity contribution in [1.29, 1.82) is 0 Å². The van der Waals surface area contributed by atoms with Gasteiger partial charge in [-0.05, 0) is 25.7 Å². The molecule has 0 spiro atoms. The van der Waals surface area contributed by atoms with Crippen molar-refractivity contribution in [3.05, 3.63) is 23.8 Å². The molecule has 5 unspecified atom stereocenters. The summed E-state index contributed by atoms with van der Waals surface area (Å²) in [6.07, 6.45) is 25.8. The minimum Gasteiger partial charge on any atom is -0.388 e. The van der Waals surface area contributed by atoms with E-state index in [1.54, 1.807) is 12.4 Å². The summed E-state index contributed by atoms with van der Waals surface area (Å²) in [7, 11) is 0. The van der Waals surface area contributed by atoms with Crippen LogP contribution in [0.25, 0.3) is 0 Å². The summed E-state index contributed by atoms with van der Waals surface area (Å²) in [5.41, 5.74) is 1.01. The molecular formula is C64H120N6O15. The molecule has 2 aliphatic heterocycles. The molecule has 10 atom stereocenters. The highest BCUT2D eigenvalue weighted by Crippen LogP contribution is 2.30. The lowest BCUT2D eigenvalue weighted by Gasteiger charge is -2.45. The molecule has 0 aliphatic carbocycles. The van der Waals surface area contributed by atoms with Gasteiger partial charge in [0.2, 0.25) is 0 Å². The molecule has 0 amide bonds. The third kappa shape index (κ3) is 32.8. The van der Waals surface area contributed by atoms with Crippen LogP contribution >= 0.6 is 0 Å². The van der Waals surface area contributed by atoms with Gasteiger partial charge in [0.25, 0.3) is 0 Å². The number of nitrogens with zero attached hydrogens (tertiary/aromatic N) is 6. The molecule has 0 bridgehead atoms. The standard InChI is InChI=1S/C64H120N6O15/c1-5-9-13-17-21-25-29-33-37-77-47-53(48-78-38-34-30-26-22-18-14-10-6-2)81-45-51-41-69(67-65-51)43-55-57(71)59(73)61(75)63(83-55)85-64-62(76)60(74)58(72)56(84-64)44-70-42-52(66-68-70)46-82-54(49-79-39-35-31-27-23-19-15-11-7-3)50-80-40-36-32-28-24-20-16-12-8-4/h41-42,53-64,71-76H,5-40,43-50H2,1-4H3/t55?,56?,57-,58-,59-,60?,61?,62?,63-,64+/m1/s1.